The van der Waals surface area contributed by atoms with Gasteiger partial charge < -0.3 is 5.32 Å². The molecule has 2 aromatic rings. The molecule has 1 fully saturated rings. The Kier molecular flexibility index (Phi) is 5.27. The summed E-state index contributed by atoms with van der Waals surface area (Å²) in [7, 11) is -3.50. The third-order valence-corrected chi connectivity index (χ3v) is 6.30. The van der Waals surface area contributed by atoms with Crippen molar-refractivity contribution in [2.45, 2.75) is 36.7 Å². The van der Waals surface area contributed by atoms with Crippen LogP contribution in [-0.2, 0) is 10.0 Å². The van der Waals surface area contributed by atoms with E-state index in [1.807, 2.05) is 31.2 Å². The number of hydrogen-bond acceptors (Lipinski definition) is 3. The molecule has 0 heterocycles. The highest BCUT2D eigenvalue weighted by Crippen LogP contribution is 2.24. The van der Waals surface area contributed by atoms with Crippen LogP contribution in [0.25, 0.3) is 0 Å². The molecule has 0 aromatic heterocycles. The summed E-state index contributed by atoms with van der Waals surface area (Å²) in [5.74, 6) is -0.248. The first kappa shape index (κ1) is 18.1. The highest BCUT2D eigenvalue weighted by molar-refractivity contribution is 9.10. The molecule has 2 N–H and O–H groups in total. The summed E-state index contributed by atoms with van der Waals surface area (Å²) < 4.78 is 27.8. The van der Waals surface area contributed by atoms with E-state index in [-0.39, 0.29) is 22.9 Å². The molecule has 1 saturated carbocycles. The van der Waals surface area contributed by atoms with Crippen molar-refractivity contribution in [3.8, 4) is 0 Å². The number of hydrogen-bond donors (Lipinski definition) is 2. The Morgan fingerprint density at radius 3 is 2.36 bits per heavy atom. The van der Waals surface area contributed by atoms with Gasteiger partial charge in [-0.3, -0.25) is 4.79 Å². The van der Waals surface area contributed by atoms with Gasteiger partial charge in [0.25, 0.3) is 5.91 Å². The van der Waals surface area contributed by atoms with Crippen LogP contribution in [0.3, 0.4) is 0 Å². The van der Waals surface area contributed by atoms with Gasteiger partial charge in [-0.05, 0) is 55.7 Å². The van der Waals surface area contributed by atoms with E-state index in [2.05, 4.69) is 26.0 Å². The van der Waals surface area contributed by atoms with Crippen molar-refractivity contribution in [1.82, 2.24) is 10.0 Å². The predicted molar refractivity (Wildman–Crippen MR) is 99.8 cm³/mol. The van der Waals surface area contributed by atoms with Gasteiger partial charge in [0.1, 0.15) is 0 Å². The van der Waals surface area contributed by atoms with Crippen LogP contribution in [0.1, 0.15) is 41.7 Å². The van der Waals surface area contributed by atoms with Crippen molar-refractivity contribution in [2.75, 3.05) is 0 Å². The van der Waals surface area contributed by atoms with Crippen molar-refractivity contribution in [2.24, 2.45) is 0 Å². The average molecular weight is 423 g/mol. The third-order valence-electron chi connectivity index (χ3n) is 4.05. The minimum absolute atomic E-state index is 0.0538. The van der Waals surface area contributed by atoms with Crippen molar-refractivity contribution in [1.29, 1.82) is 0 Å². The average Bonchev–Trinajstić information content (AvgIpc) is 3.38. The van der Waals surface area contributed by atoms with Crippen LogP contribution in [0, 0.1) is 0 Å². The Morgan fingerprint density at radius 1 is 1.12 bits per heavy atom. The lowest BCUT2D eigenvalue weighted by atomic mass is 10.1. The van der Waals surface area contributed by atoms with E-state index >= 15 is 0 Å². The number of nitrogens with one attached hydrogen (secondary N) is 2. The number of carbonyl (C=O) groups excluding carboxylic acids is 1. The fourth-order valence-corrected chi connectivity index (χ4v) is 4.39. The van der Waals surface area contributed by atoms with Crippen LogP contribution in [0.5, 0.6) is 0 Å². The second-order valence-electron chi connectivity index (χ2n) is 6.14. The zero-order valence-electron chi connectivity index (χ0n) is 13.7. The summed E-state index contributed by atoms with van der Waals surface area (Å²) in [4.78, 5) is 12.6. The molecule has 7 heteroatoms. The van der Waals surface area contributed by atoms with Gasteiger partial charge >= 0.3 is 0 Å². The Hall–Kier alpha value is -1.70. The standard InChI is InChI=1S/C18H19BrN2O3S/c1-12(16-4-2-3-5-17(16)19)20-18(22)13-6-10-15(11-7-13)25(23,24)21-14-8-9-14/h2-7,10-12,14,21H,8-9H2,1H3,(H,20,22). The lowest BCUT2D eigenvalue weighted by Crippen LogP contribution is -2.27. The molecular formula is C18H19BrN2O3S. The number of halogens is 1. The molecule has 0 saturated heterocycles. The Morgan fingerprint density at radius 2 is 1.76 bits per heavy atom. The maximum absolute atomic E-state index is 12.4. The van der Waals surface area contributed by atoms with E-state index in [0.717, 1.165) is 22.9 Å². The van der Waals surface area contributed by atoms with Crippen molar-refractivity contribution in [3.63, 3.8) is 0 Å². The zero-order valence-corrected chi connectivity index (χ0v) is 16.1. The number of sulfonamides is 1. The number of amides is 1. The number of benzene rings is 2. The van der Waals surface area contributed by atoms with Crippen LogP contribution < -0.4 is 10.0 Å². The summed E-state index contributed by atoms with van der Waals surface area (Å²) in [6, 6.07) is 13.5. The van der Waals surface area contributed by atoms with Crippen LogP contribution in [0.15, 0.2) is 57.9 Å². The molecule has 0 aliphatic heterocycles. The molecule has 1 aliphatic rings. The lowest BCUT2D eigenvalue weighted by molar-refractivity contribution is 0.0939. The molecule has 2 aromatic carbocycles. The predicted octanol–water partition coefficient (Wildman–Crippen LogP) is 3.38. The maximum atomic E-state index is 12.4. The smallest absolute Gasteiger partial charge is 0.251 e. The Labute approximate surface area is 156 Å². The van der Waals surface area contributed by atoms with Gasteiger partial charge in [-0.15, -0.1) is 0 Å². The highest BCUT2D eigenvalue weighted by atomic mass is 79.9. The molecule has 25 heavy (non-hydrogen) atoms. The maximum Gasteiger partial charge on any atom is 0.251 e. The van der Waals surface area contributed by atoms with Crippen LogP contribution in [-0.4, -0.2) is 20.4 Å². The number of rotatable bonds is 6. The van der Waals surface area contributed by atoms with Crippen LogP contribution in [0.2, 0.25) is 0 Å². The normalized spacial score (nSPS) is 15.6. The van der Waals surface area contributed by atoms with E-state index < -0.39 is 10.0 Å². The van der Waals surface area contributed by atoms with E-state index in [0.29, 0.717) is 5.56 Å². The first-order valence-corrected chi connectivity index (χ1v) is 10.3. The van der Waals surface area contributed by atoms with Gasteiger partial charge in [-0.2, -0.15) is 0 Å². The van der Waals surface area contributed by atoms with Crippen LogP contribution in [0.4, 0.5) is 0 Å². The van der Waals surface area contributed by atoms with Gasteiger partial charge in [0, 0.05) is 16.1 Å². The molecule has 0 bridgehead atoms. The van der Waals surface area contributed by atoms with E-state index in [1.54, 1.807) is 0 Å². The second kappa shape index (κ2) is 7.27. The van der Waals surface area contributed by atoms with Crippen LogP contribution >= 0.6 is 15.9 Å². The van der Waals surface area contributed by atoms with Crippen molar-refractivity contribution >= 4 is 31.9 Å². The SMILES string of the molecule is CC(NC(=O)c1ccc(S(=O)(=O)NC2CC2)cc1)c1ccccc1Br. The molecular weight excluding hydrogens is 404 g/mol. The molecule has 5 nitrogen and oxygen atoms in total. The molecule has 3 rings (SSSR count). The summed E-state index contributed by atoms with van der Waals surface area (Å²) in [5, 5.41) is 2.92. The van der Waals surface area contributed by atoms with Gasteiger partial charge in [0.15, 0.2) is 0 Å². The first-order valence-electron chi connectivity index (χ1n) is 8.04. The summed E-state index contributed by atoms with van der Waals surface area (Å²) in [6.45, 7) is 1.90. The summed E-state index contributed by atoms with van der Waals surface area (Å²) >= 11 is 3.47. The lowest BCUT2D eigenvalue weighted by Gasteiger charge is -2.16. The molecule has 1 unspecified atom stereocenters. The molecule has 1 atom stereocenters. The topological polar surface area (TPSA) is 75.3 Å². The third kappa shape index (κ3) is 4.48. The second-order valence-corrected chi connectivity index (χ2v) is 8.70. The van der Waals surface area contributed by atoms with Crippen molar-refractivity contribution < 1.29 is 13.2 Å². The molecule has 1 amide bonds. The molecule has 0 radical (unpaired) electrons. The molecule has 1 aliphatic carbocycles. The monoisotopic (exact) mass is 422 g/mol. The van der Waals surface area contributed by atoms with Gasteiger partial charge in [-0.1, -0.05) is 34.1 Å². The summed E-state index contributed by atoms with van der Waals surface area (Å²) in [5.41, 5.74) is 1.40. The van der Waals surface area contributed by atoms with Gasteiger partial charge in [-0.25, -0.2) is 13.1 Å². The first-order chi connectivity index (χ1) is 11.9. The van der Waals surface area contributed by atoms with Gasteiger partial charge in [0.2, 0.25) is 10.0 Å². The quantitative estimate of drug-likeness (QED) is 0.748. The number of carbonyl (C=O) groups is 1. The zero-order chi connectivity index (χ0) is 18.0. The summed E-state index contributed by atoms with van der Waals surface area (Å²) in [6.07, 6.45) is 1.76. The van der Waals surface area contributed by atoms with E-state index in [1.165, 1.54) is 24.3 Å². The fraction of sp³-hybridized carbons (Fsp3) is 0.278. The van der Waals surface area contributed by atoms with Gasteiger partial charge in [0.05, 0.1) is 10.9 Å². The van der Waals surface area contributed by atoms with Crippen molar-refractivity contribution in [3.05, 3.63) is 64.1 Å². The molecule has 132 valence electrons. The minimum atomic E-state index is -3.50. The largest absolute Gasteiger partial charge is 0.345 e. The van der Waals surface area contributed by atoms with E-state index in [4.69, 9.17) is 0 Å². The van der Waals surface area contributed by atoms with E-state index in [9.17, 15) is 13.2 Å². The highest BCUT2D eigenvalue weighted by Gasteiger charge is 2.28. The minimum Gasteiger partial charge on any atom is -0.345 e. The fourth-order valence-electron chi connectivity index (χ4n) is 2.46. The molecule has 0 spiro atoms. The Balaban J connectivity index is 1.69. The Bertz CT molecular complexity index is 877.